The Morgan fingerprint density at radius 2 is 2.31 bits per heavy atom. The lowest BCUT2D eigenvalue weighted by molar-refractivity contribution is 0.568. The third-order valence-electron chi connectivity index (χ3n) is 2.25. The number of aromatic nitrogens is 1. The standard InChI is InChI=1S/C11H15FN/c1-4-8(2)7-10-5-6-13-9(3)11(10)12/h4-6,8H,7H2,1-3H3. The van der Waals surface area contributed by atoms with E-state index >= 15 is 0 Å². The smallest absolute Gasteiger partial charge is 0.147 e. The first kappa shape index (κ1) is 10.2. The van der Waals surface area contributed by atoms with E-state index in [4.69, 9.17) is 0 Å². The van der Waals surface area contributed by atoms with Crippen LogP contribution in [-0.4, -0.2) is 4.98 Å². The van der Waals surface area contributed by atoms with Crippen LogP contribution in [0.15, 0.2) is 12.3 Å². The molecule has 1 unspecified atom stereocenters. The molecule has 1 nitrogen and oxygen atoms in total. The number of halogens is 1. The monoisotopic (exact) mass is 180 g/mol. The molecule has 0 bridgehead atoms. The summed E-state index contributed by atoms with van der Waals surface area (Å²) in [6, 6.07) is 1.75. The Morgan fingerprint density at radius 1 is 1.62 bits per heavy atom. The maximum absolute atomic E-state index is 13.4. The van der Waals surface area contributed by atoms with Gasteiger partial charge in [0.1, 0.15) is 5.82 Å². The number of rotatable bonds is 3. The van der Waals surface area contributed by atoms with Crippen molar-refractivity contribution in [1.82, 2.24) is 4.98 Å². The van der Waals surface area contributed by atoms with Crippen LogP contribution >= 0.6 is 0 Å². The summed E-state index contributed by atoms with van der Waals surface area (Å²) in [6.07, 6.45) is 4.50. The summed E-state index contributed by atoms with van der Waals surface area (Å²) in [5.74, 6) is 0.257. The summed E-state index contributed by atoms with van der Waals surface area (Å²) < 4.78 is 13.4. The Bertz CT molecular complexity index is 283. The molecule has 1 radical (unpaired) electrons. The van der Waals surface area contributed by atoms with E-state index in [-0.39, 0.29) is 5.82 Å². The first-order valence-electron chi connectivity index (χ1n) is 4.54. The molecule has 0 aromatic carbocycles. The second-order valence-electron chi connectivity index (χ2n) is 3.38. The van der Waals surface area contributed by atoms with E-state index in [0.29, 0.717) is 11.6 Å². The quantitative estimate of drug-likeness (QED) is 0.697. The van der Waals surface area contributed by atoms with Gasteiger partial charge in [0.05, 0.1) is 5.69 Å². The lowest BCUT2D eigenvalue weighted by Gasteiger charge is -2.09. The Hall–Kier alpha value is -0.920. The van der Waals surface area contributed by atoms with Crippen molar-refractivity contribution in [2.75, 3.05) is 0 Å². The highest BCUT2D eigenvalue weighted by Gasteiger charge is 2.08. The molecule has 0 aliphatic carbocycles. The lowest BCUT2D eigenvalue weighted by Crippen LogP contribution is -2.03. The van der Waals surface area contributed by atoms with E-state index in [9.17, 15) is 4.39 Å². The molecule has 1 atom stereocenters. The van der Waals surface area contributed by atoms with Crippen LogP contribution in [0.25, 0.3) is 0 Å². The van der Waals surface area contributed by atoms with Crippen molar-refractivity contribution >= 4 is 0 Å². The molecule has 0 N–H and O–H groups in total. The van der Waals surface area contributed by atoms with E-state index in [0.717, 1.165) is 12.0 Å². The van der Waals surface area contributed by atoms with Gasteiger partial charge in [-0.05, 0) is 37.3 Å². The highest BCUT2D eigenvalue weighted by molar-refractivity contribution is 5.19. The molecule has 0 saturated heterocycles. The molecule has 0 fully saturated rings. The van der Waals surface area contributed by atoms with Gasteiger partial charge < -0.3 is 0 Å². The van der Waals surface area contributed by atoms with Gasteiger partial charge >= 0.3 is 0 Å². The van der Waals surface area contributed by atoms with E-state index < -0.39 is 0 Å². The van der Waals surface area contributed by atoms with Crippen LogP contribution in [-0.2, 0) is 6.42 Å². The number of nitrogens with zero attached hydrogens (tertiary/aromatic N) is 1. The van der Waals surface area contributed by atoms with Crippen molar-refractivity contribution in [3.63, 3.8) is 0 Å². The van der Waals surface area contributed by atoms with Crippen LogP contribution in [0.4, 0.5) is 4.39 Å². The SMILES string of the molecule is C[CH]C(C)Cc1ccnc(C)c1F. The molecule has 1 aromatic heterocycles. The third kappa shape index (κ3) is 2.51. The van der Waals surface area contributed by atoms with Gasteiger partial charge in [0, 0.05) is 6.20 Å². The molecule has 13 heavy (non-hydrogen) atoms. The predicted molar refractivity (Wildman–Crippen MR) is 51.8 cm³/mol. The molecule has 0 amide bonds. The maximum atomic E-state index is 13.4. The molecule has 1 heterocycles. The van der Waals surface area contributed by atoms with E-state index in [1.54, 1.807) is 19.2 Å². The highest BCUT2D eigenvalue weighted by atomic mass is 19.1. The minimum atomic E-state index is -0.156. The molecule has 0 saturated carbocycles. The fourth-order valence-electron chi connectivity index (χ4n) is 1.22. The number of aryl methyl sites for hydroxylation is 1. The average Bonchev–Trinajstić information content (AvgIpc) is 2.13. The zero-order valence-electron chi connectivity index (χ0n) is 8.34. The Morgan fingerprint density at radius 3 is 2.92 bits per heavy atom. The van der Waals surface area contributed by atoms with E-state index in [1.165, 1.54) is 0 Å². The van der Waals surface area contributed by atoms with Crippen molar-refractivity contribution in [1.29, 1.82) is 0 Å². The molecular weight excluding hydrogens is 165 g/mol. The van der Waals surface area contributed by atoms with Gasteiger partial charge in [-0.2, -0.15) is 0 Å². The van der Waals surface area contributed by atoms with E-state index in [2.05, 4.69) is 18.3 Å². The van der Waals surface area contributed by atoms with Crippen molar-refractivity contribution < 1.29 is 4.39 Å². The van der Waals surface area contributed by atoms with Gasteiger partial charge in [-0.3, -0.25) is 4.98 Å². The molecule has 0 spiro atoms. The number of pyridine rings is 1. The van der Waals surface area contributed by atoms with Crippen molar-refractivity contribution in [2.45, 2.75) is 27.2 Å². The molecule has 0 aliphatic heterocycles. The largest absolute Gasteiger partial charge is 0.259 e. The first-order chi connectivity index (χ1) is 6.15. The second-order valence-corrected chi connectivity index (χ2v) is 3.38. The molecule has 71 valence electrons. The predicted octanol–water partition coefficient (Wildman–Crippen LogP) is 2.93. The topological polar surface area (TPSA) is 12.9 Å². The first-order valence-corrected chi connectivity index (χ1v) is 4.54. The minimum Gasteiger partial charge on any atom is -0.259 e. The fourth-order valence-corrected chi connectivity index (χ4v) is 1.22. The second kappa shape index (κ2) is 4.35. The van der Waals surface area contributed by atoms with E-state index in [1.807, 2.05) is 6.92 Å². The van der Waals surface area contributed by atoms with Crippen molar-refractivity contribution in [2.24, 2.45) is 5.92 Å². The van der Waals surface area contributed by atoms with Gasteiger partial charge in [-0.1, -0.05) is 13.8 Å². The lowest BCUT2D eigenvalue weighted by atomic mass is 9.99. The summed E-state index contributed by atoms with van der Waals surface area (Å²) >= 11 is 0. The minimum absolute atomic E-state index is 0.156. The van der Waals surface area contributed by atoms with Crippen LogP contribution in [0.5, 0.6) is 0 Å². The average molecular weight is 180 g/mol. The Balaban J connectivity index is 2.83. The maximum Gasteiger partial charge on any atom is 0.147 e. The van der Waals surface area contributed by atoms with Crippen molar-refractivity contribution in [3.05, 3.63) is 35.8 Å². The molecule has 1 rings (SSSR count). The summed E-state index contributed by atoms with van der Waals surface area (Å²) in [5, 5.41) is 0. The highest BCUT2D eigenvalue weighted by Crippen LogP contribution is 2.15. The summed E-state index contributed by atoms with van der Waals surface area (Å²) in [5.41, 5.74) is 1.25. The van der Waals surface area contributed by atoms with Gasteiger partial charge in [0.2, 0.25) is 0 Å². The van der Waals surface area contributed by atoms with Crippen LogP contribution in [0, 0.1) is 25.1 Å². The van der Waals surface area contributed by atoms with Gasteiger partial charge in [-0.15, -0.1) is 0 Å². The summed E-state index contributed by atoms with van der Waals surface area (Å²) in [4.78, 5) is 3.89. The molecule has 1 aromatic rings. The Labute approximate surface area is 79.0 Å². The van der Waals surface area contributed by atoms with Crippen LogP contribution in [0.3, 0.4) is 0 Å². The van der Waals surface area contributed by atoms with Crippen LogP contribution < -0.4 is 0 Å². The van der Waals surface area contributed by atoms with Gasteiger partial charge in [0.25, 0.3) is 0 Å². The Kier molecular flexibility index (Phi) is 3.40. The zero-order valence-corrected chi connectivity index (χ0v) is 8.34. The van der Waals surface area contributed by atoms with Gasteiger partial charge in [-0.25, -0.2) is 4.39 Å². The zero-order chi connectivity index (χ0) is 9.84. The molecule has 2 heteroatoms. The van der Waals surface area contributed by atoms with Gasteiger partial charge in [0.15, 0.2) is 0 Å². The number of hydrogen-bond donors (Lipinski definition) is 0. The third-order valence-corrected chi connectivity index (χ3v) is 2.25. The summed E-state index contributed by atoms with van der Waals surface area (Å²) in [7, 11) is 0. The fraction of sp³-hybridized carbons (Fsp3) is 0.455. The van der Waals surface area contributed by atoms with Crippen molar-refractivity contribution in [3.8, 4) is 0 Å². The van der Waals surface area contributed by atoms with Crippen LogP contribution in [0.1, 0.15) is 25.1 Å². The summed E-state index contributed by atoms with van der Waals surface area (Å²) in [6.45, 7) is 5.77. The van der Waals surface area contributed by atoms with Crippen LogP contribution in [0.2, 0.25) is 0 Å². The number of hydrogen-bond acceptors (Lipinski definition) is 1. The molecular formula is C11H15FN. The molecule has 0 aliphatic rings. The normalized spacial score (nSPS) is 12.9.